The molecule has 8 heteroatoms. The number of carbonyl (C=O) groups excluding carboxylic acids is 1. The van der Waals surface area contributed by atoms with Crippen molar-refractivity contribution in [2.24, 2.45) is 0 Å². The monoisotopic (exact) mass is 404 g/mol. The molecule has 3 rings (SSSR count). The SMILES string of the molecule is Cc1nc(CSCC(=O)N(Cc2ccc(N(C)C)cc2)CC2CCCO2)no1. The molecule has 28 heavy (non-hydrogen) atoms. The Bertz CT molecular complexity index is 757. The zero-order chi connectivity index (χ0) is 19.9. The lowest BCUT2D eigenvalue weighted by atomic mass is 10.1. The molecule has 2 aromatic rings. The van der Waals surface area contributed by atoms with Gasteiger partial charge in [-0.3, -0.25) is 4.79 Å². The van der Waals surface area contributed by atoms with E-state index in [2.05, 4.69) is 39.3 Å². The van der Waals surface area contributed by atoms with Gasteiger partial charge in [0.25, 0.3) is 0 Å². The number of ether oxygens (including phenoxy) is 1. The molecule has 0 saturated carbocycles. The average molecular weight is 405 g/mol. The third-order valence-electron chi connectivity index (χ3n) is 4.65. The Labute approximate surface area is 170 Å². The molecule has 1 atom stereocenters. The van der Waals surface area contributed by atoms with E-state index in [1.54, 1.807) is 6.92 Å². The normalized spacial score (nSPS) is 16.3. The summed E-state index contributed by atoms with van der Waals surface area (Å²) < 4.78 is 10.7. The largest absolute Gasteiger partial charge is 0.378 e. The Morgan fingerprint density at radius 2 is 2.07 bits per heavy atom. The van der Waals surface area contributed by atoms with Gasteiger partial charge in [-0.05, 0) is 30.5 Å². The molecular formula is C20H28N4O3S. The van der Waals surface area contributed by atoms with Crippen LogP contribution in [0.15, 0.2) is 28.8 Å². The number of carbonyl (C=O) groups is 1. The van der Waals surface area contributed by atoms with Gasteiger partial charge < -0.3 is 19.1 Å². The molecule has 2 heterocycles. The number of nitrogens with zero attached hydrogens (tertiary/aromatic N) is 4. The number of benzene rings is 1. The lowest BCUT2D eigenvalue weighted by Crippen LogP contribution is -2.38. The zero-order valence-corrected chi connectivity index (χ0v) is 17.6. The van der Waals surface area contributed by atoms with Crippen molar-refractivity contribution in [3.05, 3.63) is 41.5 Å². The minimum absolute atomic E-state index is 0.109. The lowest BCUT2D eigenvalue weighted by Gasteiger charge is -2.26. The van der Waals surface area contributed by atoms with Crippen LogP contribution in [0.4, 0.5) is 5.69 Å². The van der Waals surface area contributed by atoms with Crippen molar-refractivity contribution < 1.29 is 14.1 Å². The molecule has 0 radical (unpaired) electrons. The van der Waals surface area contributed by atoms with Crippen molar-refractivity contribution in [1.29, 1.82) is 0 Å². The number of anilines is 1. The van der Waals surface area contributed by atoms with Crippen molar-refractivity contribution in [3.63, 3.8) is 0 Å². The predicted molar refractivity (Wildman–Crippen MR) is 110 cm³/mol. The van der Waals surface area contributed by atoms with Gasteiger partial charge in [-0.25, -0.2) is 0 Å². The van der Waals surface area contributed by atoms with Crippen LogP contribution in [0.1, 0.15) is 30.1 Å². The second-order valence-corrected chi connectivity index (χ2v) is 8.18. The van der Waals surface area contributed by atoms with Crippen molar-refractivity contribution in [2.75, 3.05) is 37.9 Å². The molecule has 1 aromatic heterocycles. The van der Waals surface area contributed by atoms with Gasteiger partial charge in [-0.1, -0.05) is 17.3 Å². The molecule has 0 spiro atoms. The van der Waals surface area contributed by atoms with E-state index in [0.29, 0.717) is 36.3 Å². The molecule has 1 aromatic carbocycles. The lowest BCUT2D eigenvalue weighted by molar-refractivity contribution is -0.130. The fraction of sp³-hybridized carbons (Fsp3) is 0.550. The molecule has 0 bridgehead atoms. The van der Waals surface area contributed by atoms with Crippen LogP contribution in [0.3, 0.4) is 0 Å². The topological polar surface area (TPSA) is 71.7 Å². The standard InChI is InChI=1S/C20H28N4O3S/c1-15-21-19(22-27-15)13-28-14-20(25)24(12-18-5-4-10-26-18)11-16-6-8-17(9-7-16)23(2)3/h6-9,18H,4-5,10-14H2,1-3H3. The highest BCUT2D eigenvalue weighted by molar-refractivity contribution is 7.99. The van der Waals surface area contributed by atoms with Crippen molar-refractivity contribution in [3.8, 4) is 0 Å². The van der Waals surface area contributed by atoms with Gasteiger partial charge in [0.15, 0.2) is 5.82 Å². The molecule has 1 fully saturated rings. The van der Waals surface area contributed by atoms with Crippen LogP contribution in [0.2, 0.25) is 0 Å². The maximum Gasteiger partial charge on any atom is 0.232 e. The fourth-order valence-corrected chi connectivity index (χ4v) is 3.89. The van der Waals surface area contributed by atoms with Gasteiger partial charge >= 0.3 is 0 Å². The highest BCUT2D eigenvalue weighted by Gasteiger charge is 2.23. The van der Waals surface area contributed by atoms with E-state index in [1.807, 2.05) is 19.0 Å². The Kier molecular flexibility index (Phi) is 7.33. The second-order valence-electron chi connectivity index (χ2n) is 7.19. The highest BCUT2D eigenvalue weighted by Crippen LogP contribution is 2.19. The van der Waals surface area contributed by atoms with Crippen LogP contribution in [0, 0.1) is 6.92 Å². The summed E-state index contributed by atoms with van der Waals surface area (Å²) in [5, 5.41) is 3.87. The van der Waals surface area contributed by atoms with Crippen LogP contribution < -0.4 is 4.90 Å². The molecule has 7 nitrogen and oxygen atoms in total. The third-order valence-corrected chi connectivity index (χ3v) is 5.57. The summed E-state index contributed by atoms with van der Waals surface area (Å²) in [6.07, 6.45) is 2.21. The van der Waals surface area contributed by atoms with Crippen molar-refractivity contribution in [1.82, 2.24) is 15.0 Å². The van der Waals surface area contributed by atoms with Gasteiger partial charge in [0.2, 0.25) is 11.8 Å². The summed E-state index contributed by atoms with van der Waals surface area (Å²) in [5.41, 5.74) is 2.27. The van der Waals surface area contributed by atoms with Crippen LogP contribution in [0.5, 0.6) is 0 Å². The minimum Gasteiger partial charge on any atom is -0.378 e. The fourth-order valence-electron chi connectivity index (χ4n) is 3.13. The van der Waals surface area contributed by atoms with Gasteiger partial charge in [-0.15, -0.1) is 11.8 Å². The summed E-state index contributed by atoms with van der Waals surface area (Å²) in [6.45, 7) is 3.78. The molecule has 1 aliphatic heterocycles. The van der Waals surface area contributed by atoms with Gasteiger partial charge in [-0.2, -0.15) is 4.98 Å². The van der Waals surface area contributed by atoms with E-state index < -0.39 is 0 Å². The Morgan fingerprint density at radius 3 is 2.68 bits per heavy atom. The highest BCUT2D eigenvalue weighted by atomic mass is 32.2. The molecule has 1 saturated heterocycles. The van der Waals surface area contributed by atoms with Crippen LogP contribution in [-0.2, 0) is 21.8 Å². The van der Waals surface area contributed by atoms with Gasteiger partial charge in [0.05, 0.1) is 17.6 Å². The smallest absolute Gasteiger partial charge is 0.232 e. The quantitative estimate of drug-likeness (QED) is 0.636. The average Bonchev–Trinajstić information content (AvgIpc) is 3.33. The Hall–Kier alpha value is -2.06. The first-order chi connectivity index (χ1) is 13.5. The van der Waals surface area contributed by atoms with Gasteiger partial charge in [0, 0.05) is 46.4 Å². The zero-order valence-electron chi connectivity index (χ0n) is 16.8. The summed E-state index contributed by atoms with van der Waals surface area (Å²) in [7, 11) is 4.04. The maximum absolute atomic E-state index is 12.9. The van der Waals surface area contributed by atoms with E-state index in [1.165, 1.54) is 11.8 Å². The molecule has 1 unspecified atom stereocenters. The van der Waals surface area contributed by atoms with E-state index >= 15 is 0 Å². The van der Waals surface area contributed by atoms with Crippen LogP contribution >= 0.6 is 11.8 Å². The van der Waals surface area contributed by atoms with Gasteiger partial charge in [0.1, 0.15) is 0 Å². The summed E-state index contributed by atoms with van der Waals surface area (Å²) >= 11 is 1.51. The predicted octanol–water partition coefficient (Wildman–Crippen LogP) is 2.89. The number of thioether (sulfide) groups is 1. The summed E-state index contributed by atoms with van der Waals surface area (Å²) in [4.78, 5) is 21.0. The summed E-state index contributed by atoms with van der Waals surface area (Å²) in [6, 6.07) is 8.33. The van der Waals surface area contributed by atoms with E-state index in [0.717, 1.165) is 30.7 Å². The first kappa shape index (κ1) is 20.7. The van der Waals surface area contributed by atoms with Crippen molar-refractivity contribution in [2.45, 2.75) is 38.2 Å². The van der Waals surface area contributed by atoms with E-state index in [-0.39, 0.29) is 12.0 Å². The Morgan fingerprint density at radius 1 is 1.29 bits per heavy atom. The number of rotatable bonds is 9. The number of aromatic nitrogens is 2. The number of hydrogen-bond acceptors (Lipinski definition) is 7. The van der Waals surface area contributed by atoms with Crippen LogP contribution in [0.25, 0.3) is 0 Å². The maximum atomic E-state index is 12.9. The third kappa shape index (κ3) is 5.97. The molecular weight excluding hydrogens is 376 g/mol. The number of amides is 1. The Balaban J connectivity index is 1.59. The van der Waals surface area contributed by atoms with Crippen molar-refractivity contribution >= 4 is 23.4 Å². The molecule has 0 N–H and O–H groups in total. The first-order valence-corrected chi connectivity index (χ1v) is 10.7. The summed E-state index contributed by atoms with van der Waals surface area (Å²) in [5.74, 6) is 2.23. The second kappa shape index (κ2) is 9.93. The molecule has 1 amide bonds. The molecule has 0 aliphatic carbocycles. The number of aryl methyl sites for hydroxylation is 1. The minimum atomic E-state index is 0.109. The van der Waals surface area contributed by atoms with Crippen LogP contribution in [-0.4, -0.2) is 60.1 Å². The molecule has 152 valence electrons. The number of hydrogen-bond donors (Lipinski definition) is 0. The molecule has 1 aliphatic rings. The van der Waals surface area contributed by atoms with E-state index in [4.69, 9.17) is 9.26 Å². The van der Waals surface area contributed by atoms with E-state index in [9.17, 15) is 4.79 Å². The first-order valence-electron chi connectivity index (χ1n) is 9.54.